The van der Waals surface area contributed by atoms with Crippen LogP contribution in [0.25, 0.3) is 55.2 Å². The van der Waals surface area contributed by atoms with Gasteiger partial charge in [-0.3, -0.25) is 0 Å². The lowest BCUT2D eigenvalue weighted by molar-refractivity contribution is 0.619. The van der Waals surface area contributed by atoms with Crippen LogP contribution >= 0.6 is 0 Å². The average Bonchev–Trinajstić information content (AvgIpc) is 3.63. The molecular formula is C40H25NO. The molecule has 1 heterocycles. The van der Waals surface area contributed by atoms with Crippen LogP contribution in [-0.2, 0) is 5.41 Å². The molecule has 0 saturated heterocycles. The van der Waals surface area contributed by atoms with Gasteiger partial charge in [0.05, 0.1) is 5.41 Å². The number of oxazole rings is 1. The van der Waals surface area contributed by atoms with Crippen molar-refractivity contribution < 1.29 is 4.42 Å². The lowest BCUT2D eigenvalue weighted by Crippen LogP contribution is -2.28. The van der Waals surface area contributed by atoms with Gasteiger partial charge in [-0.05, 0) is 85.3 Å². The van der Waals surface area contributed by atoms with Crippen molar-refractivity contribution in [3.05, 3.63) is 174 Å². The van der Waals surface area contributed by atoms with E-state index in [1.54, 1.807) is 0 Å². The monoisotopic (exact) mass is 535 g/mol. The van der Waals surface area contributed by atoms with E-state index in [2.05, 4.69) is 127 Å². The fourth-order valence-corrected chi connectivity index (χ4v) is 7.12. The largest absolute Gasteiger partial charge is 0.436 e. The molecule has 1 aliphatic carbocycles. The topological polar surface area (TPSA) is 26.0 Å². The van der Waals surface area contributed by atoms with Gasteiger partial charge in [-0.1, -0.05) is 121 Å². The first kappa shape index (κ1) is 23.3. The van der Waals surface area contributed by atoms with Gasteiger partial charge in [0.2, 0.25) is 5.89 Å². The Balaban J connectivity index is 1.39. The summed E-state index contributed by atoms with van der Waals surface area (Å²) in [6, 6.07) is 54.6. The highest BCUT2D eigenvalue weighted by Crippen LogP contribution is 2.57. The smallest absolute Gasteiger partial charge is 0.227 e. The van der Waals surface area contributed by atoms with Gasteiger partial charge in [0, 0.05) is 5.56 Å². The minimum absolute atomic E-state index is 0.514. The predicted molar refractivity (Wildman–Crippen MR) is 172 cm³/mol. The van der Waals surface area contributed by atoms with Crippen LogP contribution in [0.2, 0.25) is 0 Å². The van der Waals surface area contributed by atoms with Crippen LogP contribution < -0.4 is 0 Å². The van der Waals surface area contributed by atoms with E-state index in [9.17, 15) is 0 Å². The molecule has 2 heteroatoms. The standard InChI is InChI=1S/C40H25NO/c1-2-11-29(12-3-1)40(30-22-20-27-19-18-26-10-4-5-13-31(26)34(27)25-30)35-15-7-6-14-32(35)33-23-21-28(24-36(33)40)39-41-37-16-8-9-17-38(37)42-39/h1-25H. The normalized spacial score (nSPS) is 15.7. The fourth-order valence-electron chi connectivity index (χ4n) is 7.12. The van der Waals surface area contributed by atoms with E-state index in [-0.39, 0.29) is 0 Å². The van der Waals surface area contributed by atoms with Gasteiger partial charge >= 0.3 is 0 Å². The van der Waals surface area contributed by atoms with Crippen LogP contribution in [0.3, 0.4) is 0 Å². The highest BCUT2D eigenvalue weighted by atomic mass is 16.3. The van der Waals surface area contributed by atoms with Crippen LogP contribution in [0.1, 0.15) is 22.3 Å². The number of rotatable bonds is 3. The third-order valence-electron chi connectivity index (χ3n) is 8.97. The van der Waals surface area contributed by atoms with Crippen LogP contribution in [-0.4, -0.2) is 4.98 Å². The molecule has 1 atom stereocenters. The van der Waals surface area contributed by atoms with Gasteiger partial charge in [0.15, 0.2) is 5.58 Å². The summed E-state index contributed by atoms with van der Waals surface area (Å²) in [5.41, 5.74) is 9.66. The van der Waals surface area contributed by atoms with E-state index in [0.717, 1.165) is 16.7 Å². The molecule has 0 amide bonds. The van der Waals surface area contributed by atoms with E-state index in [1.807, 2.05) is 24.3 Å². The third kappa shape index (κ3) is 3.18. The highest BCUT2D eigenvalue weighted by Gasteiger charge is 2.46. The van der Waals surface area contributed by atoms with Crippen molar-refractivity contribution in [2.45, 2.75) is 5.41 Å². The minimum Gasteiger partial charge on any atom is -0.436 e. The van der Waals surface area contributed by atoms with Gasteiger partial charge in [-0.2, -0.15) is 0 Å². The Morgan fingerprint density at radius 2 is 1.19 bits per heavy atom. The minimum atomic E-state index is -0.514. The predicted octanol–water partition coefficient (Wildman–Crippen LogP) is 10.2. The molecule has 9 rings (SSSR count). The summed E-state index contributed by atoms with van der Waals surface area (Å²) in [6.45, 7) is 0. The Morgan fingerprint density at radius 1 is 0.476 bits per heavy atom. The second-order valence-electron chi connectivity index (χ2n) is 11.1. The number of hydrogen-bond acceptors (Lipinski definition) is 2. The van der Waals surface area contributed by atoms with Gasteiger partial charge in [0.25, 0.3) is 0 Å². The number of benzene rings is 7. The van der Waals surface area contributed by atoms with E-state index in [1.165, 1.54) is 54.9 Å². The van der Waals surface area contributed by atoms with E-state index in [0.29, 0.717) is 5.89 Å². The Bertz CT molecular complexity index is 2280. The third-order valence-corrected chi connectivity index (χ3v) is 8.97. The van der Waals surface area contributed by atoms with Crippen molar-refractivity contribution in [2.75, 3.05) is 0 Å². The van der Waals surface area contributed by atoms with Gasteiger partial charge in [-0.15, -0.1) is 0 Å². The van der Waals surface area contributed by atoms with E-state index < -0.39 is 5.41 Å². The zero-order valence-electron chi connectivity index (χ0n) is 22.8. The van der Waals surface area contributed by atoms with Crippen molar-refractivity contribution in [3.8, 4) is 22.6 Å². The quantitative estimate of drug-likeness (QED) is 0.210. The first-order valence-corrected chi connectivity index (χ1v) is 14.4. The maximum atomic E-state index is 6.27. The number of hydrogen-bond donors (Lipinski definition) is 0. The van der Waals surface area contributed by atoms with Crippen molar-refractivity contribution in [1.82, 2.24) is 4.98 Å². The summed E-state index contributed by atoms with van der Waals surface area (Å²) in [4.78, 5) is 4.86. The van der Waals surface area contributed by atoms with E-state index >= 15 is 0 Å². The molecule has 42 heavy (non-hydrogen) atoms. The Hall–Kier alpha value is -5.47. The van der Waals surface area contributed by atoms with Gasteiger partial charge in [-0.25, -0.2) is 4.98 Å². The van der Waals surface area contributed by atoms with Crippen molar-refractivity contribution in [2.24, 2.45) is 0 Å². The van der Waals surface area contributed by atoms with Gasteiger partial charge < -0.3 is 4.42 Å². The molecule has 0 bridgehead atoms. The molecule has 0 radical (unpaired) electrons. The molecule has 196 valence electrons. The molecule has 1 aromatic heterocycles. The molecule has 0 spiro atoms. The lowest BCUT2D eigenvalue weighted by Gasteiger charge is -2.34. The van der Waals surface area contributed by atoms with Crippen molar-refractivity contribution >= 4 is 32.6 Å². The molecule has 2 nitrogen and oxygen atoms in total. The first-order valence-electron chi connectivity index (χ1n) is 14.4. The lowest BCUT2D eigenvalue weighted by atomic mass is 9.67. The van der Waals surface area contributed by atoms with Crippen molar-refractivity contribution in [3.63, 3.8) is 0 Å². The molecule has 0 N–H and O–H groups in total. The number of fused-ring (bicyclic) bond motifs is 7. The molecule has 1 aliphatic rings. The Labute approximate surface area is 243 Å². The van der Waals surface area contributed by atoms with Gasteiger partial charge in [0.1, 0.15) is 5.52 Å². The second kappa shape index (κ2) is 8.76. The fraction of sp³-hybridized carbons (Fsp3) is 0.0250. The van der Waals surface area contributed by atoms with Crippen LogP contribution in [0.4, 0.5) is 0 Å². The number of para-hydroxylation sites is 2. The maximum absolute atomic E-state index is 6.27. The SMILES string of the molecule is c1ccc(C2(c3ccc4ccc5ccccc5c4c3)c3ccccc3-c3ccc(-c4nc5ccccc5o4)cc32)cc1. The summed E-state index contributed by atoms with van der Waals surface area (Å²) in [5.74, 6) is 0.640. The Morgan fingerprint density at radius 3 is 2.10 bits per heavy atom. The molecule has 0 saturated carbocycles. The molecule has 0 fully saturated rings. The Kier molecular flexibility index (Phi) is 4.85. The van der Waals surface area contributed by atoms with Crippen molar-refractivity contribution in [1.29, 1.82) is 0 Å². The zero-order chi connectivity index (χ0) is 27.7. The maximum Gasteiger partial charge on any atom is 0.227 e. The summed E-state index contributed by atoms with van der Waals surface area (Å²) in [7, 11) is 0. The first-order chi connectivity index (χ1) is 20.8. The molecular weight excluding hydrogens is 510 g/mol. The molecule has 1 unspecified atom stereocenters. The zero-order valence-corrected chi connectivity index (χ0v) is 22.8. The second-order valence-corrected chi connectivity index (χ2v) is 11.1. The summed E-state index contributed by atoms with van der Waals surface area (Å²) in [5, 5.41) is 5.03. The van der Waals surface area contributed by atoms with Crippen LogP contribution in [0.15, 0.2) is 156 Å². The van der Waals surface area contributed by atoms with Crippen LogP contribution in [0.5, 0.6) is 0 Å². The highest BCUT2D eigenvalue weighted by molar-refractivity contribution is 6.08. The summed E-state index contributed by atoms with van der Waals surface area (Å²) >= 11 is 0. The average molecular weight is 536 g/mol. The summed E-state index contributed by atoms with van der Waals surface area (Å²) < 4.78 is 6.27. The molecule has 7 aromatic carbocycles. The van der Waals surface area contributed by atoms with Crippen LogP contribution in [0, 0.1) is 0 Å². The summed E-state index contributed by atoms with van der Waals surface area (Å²) in [6.07, 6.45) is 0. The number of nitrogens with zero attached hydrogens (tertiary/aromatic N) is 1. The molecule has 8 aromatic rings. The number of aromatic nitrogens is 1. The molecule has 0 aliphatic heterocycles. The van der Waals surface area contributed by atoms with E-state index in [4.69, 9.17) is 9.40 Å².